The topological polar surface area (TPSA) is 57.6 Å². The first-order valence-electron chi connectivity index (χ1n) is 6.03. The number of carbonyl (C=O) groups excluding carboxylic acids is 1. The van der Waals surface area contributed by atoms with Gasteiger partial charge < -0.3 is 10.0 Å². The van der Waals surface area contributed by atoms with Gasteiger partial charge in [-0.2, -0.15) is 0 Å². The Hall–Kier alpha value is -0.850. The van der Waals surface area contributed by atoms with Gasteiger partial charge in [0.15, 0.2) is 0 Å². The predicted molar refractivity (Wildman–Crippen MR) is 82.4 cm³/mol. The van der Waals surface area contributed by atoms with E-state index in [1.165, 1.54) is 28.4 Å². The molecule has 1 fully saturated rings. The molecule has 20 heavy (non-hydrogen) atoms. The van der Waals surface area contributed by atoms with Crippen LogP contribution in [0.2, 0.25) is 5.02 Å². The van der Waals surface area contributed by atoms with Gasteiger partial charge in [-0.1, -0.05) is 23.7 Å². The van der Waals surface area contributed by atoms with Crippen molar-refractivity contribution in [2.24, 2.45) is 0 Å². The van der Waals surface area contributed by atoms with Crippen LogP contribution < -0.4 is 0 Å². The largest absolute Gasteiger partial charge is 0.480 e. The lowest BCUT2D eigenvalue weighted by Crippen LogP contribution is -2.45. The fourth-order valence-corrected chi connectivity index (χ4v) is 4.28. The summed E-state index contributed by atoms with van der Waals surface area (Å²) in [5.74, 6) is -0.477. The average Bonchev–Trinajstić information content (AvgIpc) is 2.79. The first-order valence-corrected chi connectivity index (χ1v) is 8.45. The summed E-state index contributed by atoms with van der Waals surface area (Å²) in [6.45, 7) is 1.85. The zero-order valence-corrected chi connectivity index (χ0v) is 13.2. The summed E-state index contributed by atoms with van der Waals surface area (Å²) in [6.07, 6.45) is 0. The standard InChI is InChI=1S/C13H14ClNO3S2/c1-8-15(10(6-19-8)13(17)18)12(16)7-20-11-5-3-2-4-9(11)14/h2-5,8,10H,6-7H2,1H3,(H,17,18). The number of carboxylic acids is 1. The Morgan fingerprint density at radius 1 is 1.50 bits per heavy atom. The van der Waals surface area contributed by atoms with E-state index in [4.69, 9.17) is 16.7 Å². The highest BCUT2D eigenvalue weighted by Gasteiger charge is 2.39. The molecule has 1 heterocycles. The molecule has 1 saturated heterocycles. The molecule has 7 heteroatoms. The molecule has 4 nitrogen and oxygen atoms in total. The third kappa shape index (κ3) is 3.42. The zero-order valence-electron chi connectivity index (χ0n) is 10.8. The number of halogens is 1. The molecular weight excluding hydrogens is 318 g/mol. The number of hydrogen-bond acceptors (Lipinski definition) is 4. The summed E-state index contributed by atoms with van der Waals surface area (Å²) < 4.78 is 0. The number of aliphatic carboxylic acids is 1. The van der Waals surface area contributed by atoms with Crippen LogP contribution in [0, 0.1) is 0 Å². The number of nitrogens with zero attached hydrogens (tertiary/aromatic N) is 1. The van der Waals surface area contributed by atoms with Crippen molar-refractivity contribution in [3.05, 3.63) is 29.3 Å². The zero-order chi connectivity index (χ0) is 14.7. The second-order valence-electron chi connectivity index (χ2n) is 4.31. The molecular formula is C13H14ClNO3S2. The smallest absolute Gasteiger partial charge is 0.327 e. The van der Waals surface area contributed by atoms with Crippen LogP contribution in [0.1, 0.15) is 6.92 Å². The number of benzene rings is 1. The normalized spacial score (nSPS) is 22.0. The number of carboxylic acid groups (broad SMARTS) is 1. The molecule has 0 aliphatic carbocycles. The Kier molecular flexibility index (Phi) is 5.23. The van der Waals surface area contributed by atoms with Gasteiger partial charge in [0, 0.05) is 10.6 Å². The SMILES string of the molecule is CC1SCC(C(=O)O)N1C(=O)CSc1ccccc1Cl. The molecule has 0 aromatic heterocycles. The van der Waals surface area contributed by atoms with Gasteiger partial charge in [0.2, 0.25) is 5.91 Å². The maximum absolute atomic E-state index is 12.2. The minimum absolute atomic E-state index is 0.101. The van der Waals surface area contributed by atoms with E-state index < -0.39 is 12.0 Å². The quantitative estimate of drug-likeness (QED) is 0.860. The van der Waals surface area contributed by atoms with Crippen LogP contribution in [0.3, 0.4) is 0 Å². The van der Waals surface area contributed by atoms with Crippen molar-refractivity contribution in [1.82, 2.24) is 4.90 Å². The number of thioether (sulfide) groups is 2. The van der Waals surface area contributed by atoms with Gasteiger partial charge in [0.05, 0.1) is 16.1 Å². The molecule has 1 aromatic carbocycles. The van der Waals surface area contributed by atoms with Gasteiger partial charge in [-0.15, -0.1) is 23.5 Å². The first kappa shape index (κ1) is 15.5. The van der Waals surface area contributed by atoms with Crippen LogP contribution >= 0.6 is 35.1 Å². The van der Waals surface area contributed by atoms with E-state index >= 15 is 0 Å². The number of carbonyl (C=O) groups is 2. The van der Waals surface area contributed by atoms with E-state index in [9.17, 15) is 9.59 Å². The summed E-state index contributed by atoms with van der Waals surface area (Å²) in [5.41, 5.74) is 0. The molecule has 1 aromatic rings. The number of amides is 1. The van der Waals surface area contributed by atoms with Gasteiger partial charge >= 0.3 is 5.97 Å². The van der Waals surface area contributed by atoms with Gasteiger partial charge in [0.25, 0.3) is 0 Å². The van der Waals surface area contributed by atoms with E-state index in [1.54, 1.807) is 6.07 Å². The highest BCUT2D eigenvalue weighted by atomic mass is 35.5. The molecule has 2 unspecified atom stereocenters. The minimum Gasteiger partial charge on any atom is -0.480 e. The summed E-state index contributed by atoms with van der Waals surface area (Å²) in [4.78, 5) is 25.7. The van der Waals surface area contributed by atoms with Crippen molar-refractivity contribution in [2.75, 3.05) is 11.5 Å². The number of rotatable bonds is 4. The van der Waals surface area contributed by atoms with Crippen LogP contribution in [0.4, 0.5) is 0 Å². The van der Waals surface area contributed by atoms with Crippen molar-refractivity contribution in [3.63, 3.8) is 0 Å². The maximum atomic E-state index is 12.2. The molecule has 2 rings (SSSR count). The molecule has 0 saturated carbocycles. The Balaban J connectivity index is 2.01. The summed E-state index contributed by atoms with van der Waals surface area (Å²) in [7, 11) is 0. The van der Waals surface area contributed by atoms with Crippen molar-refractivity contribution < 1.29 is 14.7 Å². The van der Waals surface area contributed by atoms with Crippen molar-refractivity contribution in [3.8, 4) is 0 Å². The molecule has 1 aliphatic heterocycles. The van der Waals surface area contributed by atoms with E-state index in [-0.39, 0.29) is 17.0 Å². The van der Waals surface area contributed by atoms with Gasteiger partial charge in [-0.05, 0) is 19.1 Å². The lowest BCUT2D eigenvalue weighted by atomic mass is 10.3. The minimum atomic E-state index is -0.946. The lowest BCUT2D eigenvalue weighted by molar-refractivity contribution is -0.147. The van der Waals surface area contributed by atoms with E-state index in [2.05, 4.69) is 0 Å². The first-order chi connectivity index (χ1) is 9.50. The van der Waals surface area contributed by atoms with Crippen molar-refractivity contribution in [2.45, 2.75) is 23.2 Å². The summed E-state index contributed by atoms with van der Waals surface area (Å²) in [5, 5.41) is 9.64. The molecule has 0 bridgehead atoms. The summed E-state index contributed by atoms with van der Waals surface area (Å²) in [6, 6.07) is 6.57. The molecule has 0 spiro atoms. The Morgan fingerprint density at radius 2 is 2.20 bits per heavy atom. The van der Waals surface area contributed by atoms with E-state index in [1.807, 2.05) is 25.1 Å². The fourth-order valence-electron chi connectivity index (χ4n) is 1.99. The average molecular weight is 332 g/mol. The second-order valence-corrected chi connectivity index (χ2v) is 7.08. The van der Waals surface area contributed by atoms with Crippen LogP contribution in [0.15, 0.2) is 29.2 Å². The van der Waals surface area contributed by atoms with Gasteiger partial charge in [0.1, 0.15) is 6.04 Å². The molecule has 0 radical (unpaired) electrons. The Morgan fingerprint density at radius 3 is 2.85 bits per heavy atom. The fraction of sp³-hybridized carbons (Fsp3) is 0.385. The summed E-state index contributed by atoms with van der Waals surface area (Å²) >= 11 is 8.85. The Labute approximate surface area is 130 Å². The predicted octanol–water partition coefficient (Wildman–Crippen LogP) is 2.81. The van der Waals surface area contributed by atoms with Crippen LogP contribution in [0.25, 0.3) is 0 Å². The Bertz CT molecular complexity index is 526. The third-order valence-corrected chi connectivity index (χ3v) is 5.70. The molecule has 1 aliphatic rings. The van der Waals surface area contributed by atoms with Gasteiger partial charge in [-0.25, -0.2) is 4.79 Å². The van der Waals surface area contributed by atoms with Crippen molar-refractivity contribution >= 4 is 47.0 Å². The van der Waals surface area contributed by atoms with Crippen molar-refractivity contribution in [1.29, 1.82) is 0 Å². The lowest BCUT2D eigenvalue weighted by Gasteiger charge is -2.24. The maximum Gasteiger partial charge on any atom is 0.327 e. The second kappa shape index (κ2) is 6.74. The van der Waals surface area contributed by atoms with Crippen LogP contribution in [0.5, 0.6) is 0 Å². The molecule has 2 atom stereocenters. The van der Waals surface area contributed by atoms with E-state index in [0.717, 1.165) is 4.90 Å². The third-order valence-electron chi connectivity index (χ3n) is 2.98. The highest BCUT2D eigenvalue weighted by Crippen LogP contribution is 2.31. The highest BCUT2D eigenvalue weighted by molar-refractivity contribution is 8.00. The molecule has 108 valence electrons. The number of hydrogen-bond donors (Lipinski definition) is 1. The van der Waals surface area contributed by atoms with Crippen LogP contribution in [-0.4, -0.2) is 44.8 Å². The molecule has 1 N–H and O–H groups in total. The van der Waals surface area contributed by atoms with E-state index in [0.29, 0.717) is 10.8 Å². The monoisotopic (exact) mass is 331 g/mol. The van der Waals surface area contributed by atoms with Gasteiger partial charge in [-0.3, -0.25) is 4.79 Å². The van der Waals surface area contributed by atoms with Crippen LogP contribution in [-0.2, 0) is 9.59 Å². The molecule has 1 amide bonds.